The van der Waals surface area contributed by atoms with Gasteiger partial charge in [-0.1, -0.05) is 5.16 Å². The Labute approximate surface area is 129 Å². The minimum atomic E-state index is 0. The molecule has 0 bridgehead atoms. The Kier molecular flexibility index (Phi) is 5.55. The van der Waals surface area contributed by atoms with Crippen LogP contribution < -0.4 is 10.1 Å². The van der Waals surface area contributed by atoms with Crippen LogP contribution in [-0.4, -0.2) is 37.0 Å². The van der Waals surface area contributed by atoms with Crippen LogP contribution in [0.3, 0.4) is 0 Å². The topological polar surface area (TPSA) is 69.4 Å². The van der Waals surface area contributed by atoms with Crippen molar-refractivity contribution in [2.75, 3.05) is 26.9 Å². The molecule has 6 nitrogen and oxygen atoms in total. The summed E-state index contributed by atoms with van der Waals surface area (Å²) in [5.74, 6) is 2.15. The Morgan fingerprint density at radius 2 is 2.29 bits per heavy atom. The van der Waals surface area contributed by atoms with Crippen LogP contribution in [0.2, 0.25) is 0 Å². The summed E-state index contributed by atoms with van der Waals surface area (Å²) < 4.78 is 15.7. The maximum atomic E-state index is 5.48. The van der Waals surface area contributed by atoms with Crippen LogP contribution in [0.15, 0.2) is 22.7 Å². The molecule has 0 aliphatic carbocycles. The van der Waals surface area contributed by atoms with Gasteiger partial charge in [0.1, 0.15) is 5.75 Å². The second-order valence-electron chi connectivity index (χ2n) is 4.60. The lowest BCUT2D eigenvalue weighted by molar-refractivity contribution is 0.197. The van der Waals surface area contributed by atoms with Gasteiger partial charge in [-0.2, -0.15) is 4.98 Å². The molecule has 0 unspecified atom stereocenters. The van der Waals surface area contributed by atoms with Crippen LogP contribution >= 0.6 is 12.4 Å². The number of halogens is 1. The second kappa shape index (κ2) is 7.40. The zero-order chi connectivity index (χ0) is 13.8. The van der Waals surface area contributed by atoms with E-state index in [-0.39, 0.29) is 12.4 Å². The van der Waals surface area contributed by atoms with E-state index in [1.165, 1.54) is 5.56 Å². The van der Waals surface area contributed by atoms with E-state index in [2.05, 4.69) is 21.5 Å². The first-order chi connectivity index (χ1) is 9.86. The molecule has 1 aromatic heterocycles. The molecule has 0 amide bonds. The number of hydrogen-bond donors (Lipinski definition) is 1. The van der Waals surface area contributed by atoms with Gasteiger partial charge in [0.05, 0.1) is 19.8 Å². The smallest absolute Gasteiger partial charge is 0.240 e. The number of aromatic nitrogens is 2. The highest BCUT2D eigenvalue weighted by molar-refractivity contribution is 5.85. The predicted octanol–water partition coefficient (Wildman–Crippen LogP) is 1.83. The van der Waals surface area contributed by atoms with Gasteiger partial charge in [0.25, 0.3) is 0 Å². The predicted molar refractivity (Wildman–Crippen MR) is 79.8 cm³/mol. The van der Waals surface area contributed by atoms with Gasteiger partial charge in [-0.05, 0) is 23.8 Å². The molecule has 0 atom stereocenters. The molecule has 21 heavy (non-hydrogen) atoms. The number of nitrogens with zero attached hydrogens (tertiary/aromatic N) is 2. The molecule has 1 aromatic carbocycles. The normalized spacial score (nSPS) is 12.6. The number of rotatable bonds is 6. The van der Waals surface area contributed by atoms with E-state index >= 15 is 0 Å². The highest BCUT2D eigenvalue weighted by Gasteiger charge is 2.15. The van der Waals surface area contributed by atoms with E-state index in [9.17, 15) is 0 Å². The number of hydrogen-bond acceptors (Lipinski definition) is 6. The van der Waals surface area contributed by atoms with Gasteiger partial charge in [0.2, 0.25) is 11.7 Å². The quantitative estimate of drug-likeness (QED) is 0.821. The van der Waals surface area contributed by atoms with Crippen molar-refractivity contribution in [3.63, 3.8) is 0 Å². The third-order valence-corrected chi connectivity index (χ3v) is 3.17. The highest BCUT2D eigenvalue weighted by Crippen LogP contribution is 2.29. The Morgan fingerprint density at radius 1 is 1.38 bits per heavy atom. The maximum absolute atomic E-state index is 5.48. The number of ether oxygens (including phenoxy) is 2. The van der Waals surface area contributed by atoms with Gasteiger partial charge >= 0.3 is 0 Å². The molecule has 0 saturated heterocycles. The molecular formula is C14H18ClN3O3. The molecule has 7 heteroatoms. The first kappa shape index (κ1) is 15.8. The monoisotopic (exact) mass is 311 g/mol. The summed E-state index contributed by atoms with van der Waals surface area (Å²) in [6.07, 6.45) is 0.937. The lowest BCUT2D eigenvalue weighted by atomic mass is 10.1. The fourth-order valence-electron chi connectivity index (χ4n) is 2.14. The third-order valence-electron chi connectivity index (χ3n) is 3.17. The van der Waals surface area contributed by atoms with Gasteiger partial charge < -0.3 is 19.3 Å². The summed E-state index contributed by atoms with van der Waals surface area (Å²) in [6, 6.07) is 5.98. The zero-order valence-corrected chi connectivity index (χ0v) is 12.6. The van der Waals surface area contributed by atoms with Gasteiger partial charge in [-0.3, -0.25) is 0 Å². The standard InChI is InChI=1S/C14H17N3O3.ClH/c1-18-7-5-15-9-13-16-14(17-20-13)11-2-3-12-10(8-11)4-6-19-12;/h2-3,8,15H,4-7,9H2,1H3;1H. The van der Waals surface area contributed by atoms with E-state index in [1.807, 2.05) is 12.1 Å². The van der Waals surface area contributed by atoms with Crippen molar-refractivity contribution in [3.05, 3.63) is 29.7 Å². The fourth-order valence-corrected chi connectivity index (χ4v) is 2.14. The summed E-state index contributed by atoms with van der Waals surface area (Å²) in [7, 11) is 1.67. The zero-order valence-electron chi connectivity index (χ0n) is 11.8. The van der Waals surface area contributed by atoms with Gasteiger partial charge in [0, 0.05) is 25.6 Å². The van der Waals surface area contributed by atoms with Crippen molar-refractivity contribution in [1.82, 2.24) is 15.5 Å². The average molecular weight is 312 g/mol. The molecule has 0 fully saturated rings. The summed E-state index contributed by atoms with van der Waals surface area (Å²) >= 11 is 0. The molecule has 0 radical (unpaired) electrons. The largest absolute Gasteiger partial charge is 0.493 e. The fraction of sp³-hybridized carbons (Fsp3) is 0.429. The van der Waals surface area contributed by atoms with Crippen LogP contribution in [0.4, 0.5) is 0 Å². The SMILES string of the molecule is COCCNCc1nc(-c2ccc3c(c2)CCO3)no1.Cl. The number of methoxy groups -OCH3 is 1. The Bertz CT molecular complexity index is 589. The van der Waals surface area contributed by atoms with E-state index < -0.39 is 0 Å². The van der Waals surface area contributed by atoms with Crippen LogP contribution in [0.5, 0.6) is 5.75 Å². The van der Waals surface area contributed by atoms with E-state index in [1.54, 1.807) is 7.11 Å². The van der Waals surface area contributed by atoms with Crippen molar-refractivity contribution in [2.45, 2.75) is 13.0 Å². The van der Waals surface area contributed by atoms with Crippen molar-refractivity contribution < 1.29 is 14.0 Å². The van der Waals surface area contributed by atoms with Crippen molar-refractivity contribution in [3.8, 4) is 17.1 Å². The Hall–Kier alpha value is -1.63. The molecule has 2 aromatic rings. The van der Waals surface area contributed by atoms with Crippen LogP contribution in [0.1, 0.15) is 11.5 Å². The molecule has 3 rings (SSSR count). The minimum Gasteiger partial charge on any atom is -0.493 e. The first-order valence-corrected chi connectivity index (χ1v) is 6.65. The van der Waals surface area contributed by atoms with E-state index in [4.69, 9.17) is 14.0 Å². The molecule has 1 aliphatic heterocycles. The summed E-state index contributed by atoms with van der Waals surface area (Å²) in [5, 5.41) is 7.18. The third kappa shape index (κ3) is 3.72. The number of fused-ring (bicyclic) bond motifs is 1. The first-order valence-electron chi connectivity index (χ1n) is 6.65. The number of benzene rings is 1. The molecule has 2 heterocycles. The molecule has 0 spiro atoms. The van der Waals surface area contributed by atoms with Crippen LogP contribution in [0.25, 0.3) is 11.4 Å². The molecule has 1 aliphatic rings. The van der Waals surface area contributed by atoms with Gasteiger partial charge in [-0.15, -0.1) is 12.4 Å². The minimum absolute atomic E-state index is 0. The molecule has 114 valence electrons. The molecular weight excluding hydrogens is 294 g/mol. The lowest BCUT2D eigenvalue weighted by Gasteiger charge is -2.00. The lowest BCUT2D eigenvalue weighted by Crippen LogP contribution is -2.18. The van der Waals surface area contributed by atoms with Gasteiger partial charge in [0.15, 0.2) is 0 Å². The highest BCUT2D eigenvalue weighted by atomic mass is 35.5. The summed E-state index contributed by atoms with van der Waals surface area (Å²) in [5.41, 5.74) is 2.16. The van der Waals surface area contributed by atoms with Crippen molar-refractivity contribution in [2.24, 2.45) is 0 Å². The van der Waals surface area contributed by atoms with E-state index in [0.717, 1.165) is 30.9 Å². The Balaban J connectivity index is 0.00000161. The second-order valence-corrected chi connectivity index (χ2v) is 4.60. The van der Waals surface area contributed by atoms with Crippen LogP contribution in [0, 0.1) is 0 Å². The van der Waals surface area contributed by atoms with Gasteiger partial charge in [-0.25, -0.2) is 0 Å². The maximum Gasteiger partial charge on any atom is 0.240 e. The van der Waals surface area contributed by atoms with Crippen molar-refractivity contribution in [1.29, 1.82) is 0 Å². The average Bonchev–Trinajstić information content (AvgIpc) is 3.11. The van der Waals surface area contributed by atoms with Crippen LogP contribution in [-0.2, 0) is 17.7 Å². The Morgan fingerprint density at radius 3 is 3.14 bits per heavy atom. The molecule has 0 saturated carbocycles. The van der Waals surface area contributed by atoms with E-state index in [0.29, 0.717) is 24.9 Å². The van der Waals surface area contributed by atoms with Crippen molar-refractivity contribution >= 4 is 12.4 Å². The number of nitrogens with one attached hydrogen (secondary N) is 1. The molecule has 1 N–H and O–H groups in total. The summed E-state index contributed by atoms with van der Waals surface area (Å²) in [4.78, 5) is 4.38. The summed E-state index contributed by atoms with van der Waals surface area (Å²) in [6.45, 7) is 2.71.